The number of hydrogen-bond acceptors (Lipinski definition) is 4. The summed E-state index contributed by atoms with van der Waals surface area (Å²) >= 11 is 0. The number of amides is 1. The molecule has 26 heavy (non-hydrogen) atoms. The van der Waals surface area contributed by atoms with Crippen molar-refractivity contribution in [2.24, 2.45) is 13.0 Å². The second-order valence-electron chi connectivity index (χ2n) is 6.84. The van der Waals surface area contributed by atoms with Gasteiger partial charge in [0.15, 0.2) is 0 Å². The Kier molecular flexibility index (Phi) is 5.93. The first-order valence-corrected chi connectivity index (χ1v) is 9.20. The molecule has 1 N–H and O–H groups in total. The number of aliphatic hydroxyl groups excluding tert-OH is 1. The summed E-state index contributed by atoms with van der Waals surface area (Å²) in [6.45, 7) is 3.89. The molecule has 2 heterocycles. The average Bonchev–Trinajstić information content (AvgIpc) is 3.27. The normalized spacial score (nSPS) is 19.7. The first-order valence-electron chi connectivity index (χ1n) is 9.20. The molecule has 3 rings (SSSR count). The molecule has 1 aliphatic heterocycles. The summed E-state index contributed by atoms with van der Waals surface area (Å²) in [5, 5.41) is 13.9. The van der Waals surface area contributed by atoms with Gasteiger partial charge in [-0.25, -0.2) is 0 Å². The van der Waals surface area contributed by atoms with Crippen LogP contribution in [-0.2, 0) is 18.3 Å². The molecule has 1 saturated heterocycles. The van der Waals surface area contributed by atoms with Crippen molar-refractivity contribution in [3.05, 3.63) is 47.8 Å². The van der Waals surface area contributed by atoms with E-state index < -0.39 is 0 Å². The van der Waals surface area contributed by atoms with Crippen molar-refractivity contribution in [2.45, 2.75) is 25.7 Å². The van der Waals surface area contributed by atoms with Crippen LogP contribution in [0.3, 0.4) is 0 Å². The predicted octanol–water partition coefficient (Wildman–Crippen LogP) is 1.99. The number of carbonyl (C=O) groups excluding carboxylic acids is 1. The molecule has 0 radical (unpaired) electrons. The first kappa shape index (κ1) is 18.5. The highest BCUT2D eigenvalue weighted by Crippen LogP contribution is 2.32. The highest BCUT2D eigenvalue weighted by atomic mass is 16.5. The van der Waals surface area contributed by atoms with Gasteiger partial charge in [-0.2, -0.15) is 5.10 Å². The molecule has 2 atom stereocenters. The Labute approximate surface area is 154 Å². The summed E-state index contributed by atoms with van der Waals surface area (Å²) < 4.78 is 7.40. The molecule has 2 aromatic rings. The van der Waals surface area contributed by atoms with Gasteiger partial charge in [0.2, 0.25) is 5.91 Å². The van der Waals surface area contributed by atoms with Crippen LogP contribution in [0.15, 0.2) is 36.7 Å². The van der Waals surface area contributed by atoms with Gasteiger partial charge in [-0.05, 0) is 30.5 Å². The van der Waals surface area contributed by atoms with Crippen molar-refractivity contribution in [3.63, 3.8) is 0 Å². The van der Waals surface area contributed by atoms with Gasteiger partial charge in [0.25, 0.3) is 0 Å². The summed E-state index contributed by atoms with van der Waals surface area (Å²) in [6.07, 6.45) is 4.91. The summed E-state index contributed by atoms with van der Waals surface area (Å²) in [6, 6.07) is 7.87. The smallest absolute Gasteiger partial charge is 0.222 e. The van der Waals surface area contributed by atoms with E-state index in [2.05, 4.69) is 5.10 Å². The number of hydrogen-bond donors (Lipinski definition) is 1. The fourth-order valence-electron chi connectivity index (χ4n) is 3.68. The summed E-state index contributed by atoms with van der Waals surface area (Å²) in [4.78, 5) is 14.6. The number of aliphatic hydroxyl groups is 1. The van der Waals surface area contributed by atoms with Crippen LogP contribution < -0.4 is 4.74 Å². The zero-order valence-electron chi connectivity index (χ0n) is 15.5. The molecular formula is C20H27N3O3. The van der Waals surface area contributed by atoms with E-state index in [4.69, 9.17) is 4.74 Å². The number of rotatable bonds is 7. The number of aromatic nitrogens is 2. The fourth-order valence-corrected chi connectivity index (χ4v) is 3.68. The molecule has 6 heteroatoms. The zero-order chi connectivity index (χ0) is 18.5. The van der Waals surface area contributed by atoms with E-state index in [-0.39, 0.29) is 24.3 Å². The molecule has 0 spiro atoms. The van der Waals surface area contributed by atoms with Crippen LogP contribution in [0.5, 0.6) is 5.75 Å². The lowest BCUT2D eigenvalue weighted by Crippen LogP contribution is -2.29. The second-order valence-corrected chi connectivity index (χ2v) is 6.84. The van der Waals surface area contributed by atoms with Crippen molar-refractivity contribution >= 4 is 5.91 Å². The molecule has 6 nitrogen and oxygen atoms in total. The van der Waals surface area contributed by atoms with Gasteiger partial charge in [-0.15, -0.1) is 0 Å². The maximum Gasteiger partial charge on any atom is 0.222 e. The third kappa shape index (κ3) is 4.07. The van der Waals surface area contributed by atoms with E-state index in [1.54, 1.807) is 4.68 Å². The Morgan fingerprint density at radius 1 is 1.35 bits per heavy atom. The number of nitrogens with zero attached hydrogens (tertiary/aromatic N) is 3. The topological polar surface area (TPSA) is 67.6 Å². The van der Waals surface area contributed by atoms with Crippen LogP contribution in [0.2, 0.25) is 0 Å². The summed E-state index contributed by atoms with van der Waals surface area (Å²) in [5.41, 5.74) is 2.15. The van der Waals surface area contributed by atoms with Gasteiger partial charge >= 0.3 is 0 Å². The number of likely N-dealkylation sites (tertiary alicyclic amines) is 1. The summed E-state index contributed by atoms with van der Waals surface area (Å²) in [5.74, 6) is 1.19. The van der Waals surface area contributed by atoms with E-state index in [0.717, 1.165) is 16.9 Å². The maximum atomic E-state index is 12.7. The molecule has 0 saturated carbocycles. The SMILES string of the molecule is CCOc1ccccc1CCC(=O)N1C[C@@H](CO)[C@H](c2cnn(C)c2)C1. The lowest BCUT2D eigenvalue weighted by Gasteiger charge is -2.17. The number of benzene rings is 1. The molecule has 0 bridgehead atoms. The molecular weight excluding hydrogens is 330 g/mol. The monoisotopic (exact) mass is 357 g/mol. The number of para-hydroxylation sites is 1. The number of aryl methyl sites for hydroxylation is 2. The Morgan fingerprint density at radius 3 is 2.85 bits per heavy atom. The third-order valence-corrected chi connectivity index (χ3v) is 5.06. The second kappa shape index (κ2) is 8.36. The minimum atomic E-state index is 0.0684. The van der Waals surface area contributed by atoms with Crippen LogP contribution in [0.1, 0.15) is 30.4 Å². The Bertz CT molecular complexity index is 743. The molecule has 1 fully saturated rings. The van der Waals surface area contributed by atoms with Crippen LogP contribution in [0.25, 0.3) is 0 Å². The quantitative estimate of drug-likeness (QED) is 0.823. The van der Waals surface area contributed by atoms with E-state index in [9.17, 15) is 9.90 Å². The maximum absolute atomic E-state index is 12.7. The number of carbonyl (C=O) groups is 1. The zero-order valence-corrected chi connectivity index (χ0v) is 15.5. The van der Waals surface area contributed by atoms with Gasteiger partial charge in [0, 0.05) is 51.2 Å². The summed E-state index contributed by atoms with van der Waals surface area (Å²) in [7, 11) is 1.88. The lowest BCUT2D eigenvalue weighted by atomic mass is 9.92. The van der Waals surface area contributed by atoms with Gasteiger partial charge in [0.05, 0.1) is 12.8 Å². The molecule has 1 amide bonds. The molecule has 1 aromatic heterocycles. The van der Waals surface area contributed by atoms with E-state index in [0.29, 0.717) is 32.5 Å². The highest BCUT2D eigenvalue weighted by Gasteiger charge is 2.36. The molecule has 0 unspecified atom stereocenters. The van der Waals surface area contributed by atoms with Gasteiger partial charge in [-0.1, -0.05) is 18.2 Å². The molecule has 1 aromatic carbocycles. The Morgan fingerprint density at radius 2 is 2.15 bits per heavy atom. The van der Waals surface area contributed by atoms with Gasteiger partial charge in [0.1, 0.15) is 5.75 Å². The van der Waals surface area contributed by atoms with Gasteiger partial charge in [-0.3, -0.25) is 9.48 Å². The van der Waals surface area contributed by atoms with Crippen LogP contribution in [-0.4, -0.2) is 52.0 Å². The van der Waals surface area contributed by atoms with Crippen LogP contribution >= 0.6 is 0 Å². The predicted molar refractivity (Wildman–Crippen MR) is 99.0 cm³/mol. The van der Waals surface area contributed by atoms with E-state index in [1.807, 2.05) is 55.5 Å². The van der Waals surface area contributed by atoms with Crippen LogP contribution in [0.4, 0.5) is 0 Å². The fraction of sp³-hybridized carbons (Fsp3) is 0.500. The van der Waals surface area contributed by atoms with Crippen molar-refractivity contribution in [3.8, 4) is 5.75 Å². The minimum absolute atomic E-state index is 0.0684. The van der Waals surface area contributed by atoms with E-state index in [1.165, 1.54) is 0 Å². The Hall–Kier alpha value is -2.34. The largest absolute Gasteiger partial charge is 0.494 e. The lowest BCUT2D eigenvalue weighted by molar-refractivity contribution is -0.130. The van der Waals surface area contributed by atoms with Crippen molar-refractivity contribution in [1.82, 2.24) is 14.7 Å². The molecule has 0 aliphatic carbocycles. The van der Waals surface area contributed by atoms with E-state index >= 15 is 0 Å². The Balaban J connectivity index is 1.62. The van der Waals surface area contributed by atoms with Crippen LogP contribution in [0, 0.1) is 5.92 Å². The minimum Gasteiger partial charge on any atom is -0.494 e. The van der Waals surface area contributed by atoms with Crippen molar-refractivity contribution in [1.29, 1.82) is 0 Å². The van der Waals surface area contributed by atoms with Crippen molar-refractivity contribution < 1.29 is 14.6 Å². The molecule has 140 valence electrons. The first-order chi connectivity index (χ1) is 12.6. The standard InChI is InChI=1S/C20H27N3O3/c1-3-26-19-7-5-4-6-15(19)8-9-20(25)23-12-17(14-24)18(13-23)16-10-21-22(2)11-16/h4-7,10-11,17-18,24H,3,8-9,12-14H2,1-2H3/t17-,18-/m0/s1. The van der Waals surface area contributed by atoms with Gasteiger partial charge < -0.3 is 14.7 Å². The highest BCUT2D eigenvalue weighted by molar-refractivity contribution is 5.77. The number of ether oxygens (including phenoxy) is 1. The van der Waals surface area contributed by atoms with Crippen molar-refractivity contribution in [2.75, 3.05) is 26.3 Å². The third-order valence-electron chi connectivity index (χ3n) is 5.06. The molecule has 1 aliphatic rings. The average molecular weight is 357 g/mol.